The first-order valence-corrected chi connectivity index (χ1v) is 9.27. The number of nitrogens with zero attached hydrogens (tertiary/aromatic N) is 3. The summed E-state index contributed by atoms with van der Waals surface area (Å²) >= 11 is 0. The largest absolute Gasteiger partial charge is 0.425 e. The molecule has 3 N–H and O–H groups in total. The van der Waals surface area contributed by atoms with E-state index in [1.807, 2.05) is 0 Å². The fourth-order valence-electron chi connectivity index (χ4n) is 3.84. The van der Waals surface area contributed by atoms with Gasteiger partial charge < -0.3 is 20.1 Å². The number of primary amides is 1. The number of carbonyl (C=O) groups excluding carboxylic acids is 1. The highest BCUT2D eigenvalue weighted by Crippen LogP contribution is 2.47. The molecule has 2 aromatic carbocycles. The quantitative estimate of drug-likeness (QED) is 0.490. The van der Waals surface area contributed by atoms with Crippen LogP contribution < -0.4 is 5.73 Å². The smallest absolute Gasteiger partial charge is 0.372 e. The second-order valence-corrected chi connectivity index (χ2v) is 7.20. The fraction of sp³-hybridized carbons (Fsp3) is 0.238. The van der Waals surface area contributed by atoms with Gasteiger partial charge in [-0.05, 0) is 23.8 Å². The monoisotopic (exact) mass is 432 g/mol. The van der Waals surface area contributed by atoms with Crippen LogP contribution in [0, 0.1) is 0 Å². The van der Waals surface area contributed by atoms with Crippen LogP contribution in [0.4, 0.5) is 13.2 Å². The lowest BCUT2D eigenvalue weighted by molar-refractivity contribution is -0.247. The molecule has 0 aliphatic carbocycles. The molecular formula is C21H19F3N4O3. The second-order valence-electron chi connectivity index (χ2n) is 7.20. The van der Waals surface area contributed by atoms with Gasteiger partial charge in [-0.1, -0.05) is 24.3 Å². The number of hydrogen-bond acceptors (Lipinski definition) is 4. The molecule has 1 atom stereocenters. The number of hydrogen-bond donors (Lipinski definition) is 2. The van der Waals surface area contributed by atoms with Gasteiger partial charge in [0.1, 0.15) is 13.3 Å². The van der Waals surface area contributed by atoms with E-state index in [4.69, 9.17) is 10.5 Å². The maximum Gasteiger partial charge on any atom is 0.425 e. The van der Waals surface area contributed by atoms with Crippen molar-refractivity contribution in [2.45, 2.75) is 25.1 Å². The van der Waals surface area contributed by atoms with Gasteiger partial charge in [0.15, 0.2) is 0 Å². The van der Waals surface area contributed by atoms with Gasteiger partial charge in [0.2, 0.25) is 11.5 Å². The first-order valence-electron chi connectivity index (χ1n) is 9.27. The minimum Gasteiger partial charge on any atom is -0.372 e. The van der Waals surface area contributed by atoms with Gasteiger partial charge >= 0.3 is 6.18 Å². The fourth-order valence-corrected chi connectivity index (χ4v) is 3.84. The maximum absolute atomic E-state index is 14.4. The first-order chi connectivity index (χ1) is 14.7. The van der Waals surface area contributed by atoms with E-state index in [1.54, 1.807) is 18.2 Å². The van der Waals surface area contributed by atoms with E-state index in [0.717, 1.165) is 6.20 Å². The Kier molecular flexibility index (Phi) is 4.98. The van der Waals surface area contributed by atoms with Crippen molar-refractivity contribution in [3.63, 3.8) is 0 Å². The molecule has 0 saturated carbocycles. The summed E-state index contributed by atoms with van der Waals surface area (Å²) in [7, 11) is 1.48. The van der Waals surface area contributed by atoms with Crippen LogP contribution >= 0.6 is 0 Å². The number of methoxy groups -OCH3 is 1. The molecule has 162 valence electrons. The normalized spacial score (nSPS) is 14.2. The van der Waals surface area contributed by atoms with Crippen LogP contribution in [0.3, 0.4) is 0 Å². The molecular weight excluding hydrogens is 413 g/mol. The van der Waals surface area contributed by atoms with Crippen LogP contribution in [0.2, 0.25) is 0 Å². The minimum atomic E-state index is -5.05. The van der Waals surface area contributed by atoms with Crippen LogP contribution in [0.1, 0.15) is 11.1 Å². The number of nitrogens with two attached hydrogens (primary N) is 1. The van der Waals surface area contributed by atoms with Crippen molar-refractivity contribution in [3.8, 4) is 0 Å². The maximum atomic E-state index is 14.4. The van der Waals surface area contributed by atoms with Gasteiger partial charge in [-0.25, -0.2) is 4.68 Å². The summed E-state index contributed by atoms with van der Waals surface area (Å²) in [6, 6.07) is 10.1. The zero-order valence-electron chi connectivity index (χ0n) is 16.4. The van der Waals surface area contributed by atoms with Gasteiger partial charge in [0, 0.05) is 35.2 Å². The van der Waals surface area contributed by atoms with Crippen molar-refractivity contribution >= 4 is 27.7 Å². The summed E-state index contributed by atoms with van der Waals surface area (Å²) in [5, 5.41) is 15.9. The van der Waals surface area contributed by atoms with E-state index in [2.05, 4.69) is 5.10 Å². The van der Waals surface area contributed by atoms with Crippen molar-refractivity contribution in [2.24, 2.45) is 5.73 Å². The van der Waals surface area contributed by atoms with E-state index < -0.39 is 17.7 Å². The van der Waals surface area contributed by atoms with E-state index in [0.29, 0.717) is 16.4 Å². The third-order valence-corrected chi connectivity index (χ3v) is 5.23. The Labute approximate surface area is 174 Å². The van der Waals surface area contributed by atoms with Crippen LogP contribution in [0.5, 0.6) is 0 Å². The highest BCUT2D eigenvalue weighted by molar-refractivity contribution is 5.88. The molecule has 0 aliphatic heterocycles. The number of carbonyl (C=O) groups is 1. The van der Waals surface area contributed by atoms with Crippen LogP contribution in [-0.2, 0) is 28.4 Å². The number of amides is 1. The van der Waals surface area contributed by atoms with Crippen molar-refractivity contribution in [2.75, 3.05) is 7.11 Å². The third kappa shape index (κ3) is 3.33. The SMILES string of the molecule is COCn1ncc2cc(C(O)(c3cn(CC(N)=O)c4ccccc34)C(F)(F)F)ccc21. The van der Waals surface area contributed by atoms with Crippen molar-refractivity contribution in [1.82, 2.24) is 14.3 Å². The molecule has 1 amide bonds. The molecule has 0 bridgehead atoms. The molecule has 2 heterocycles. The molecule has 4 rings (SSSR count). The Hall–Kier alpha value is -3.37. The number of halogens is 3. The van der Waals surface area contributed by atoms with E-state index in [1.165, 1.54) is 46.8 Å². The Bertz CT molecular complexity index is 1280. The molecule has 4 aromatic rings. The van der Waals surface area contributed by atoms with E-state index >= 15 is 0 Å². The molecule has 31 heavy (non-hydrogen) atoms. The molecule has 0 fully saturated rings. The van der Waals surface area contributed by atoms with Gasteiger partial charge in [0.05, 0.1) is 11.7 Å². The molecule has 0 saturated heterocycles. The average molecular weight is 432 g/mol. The summed E-state index contributed by atoms with van der Waals surface area (Å²) in [5.41, 5.74) is 2.09. The standard InChI is InChI=1S/C21H19F3N4O3/c1-31-12-28-17-7-6-14(8-13(17)9-26-28)20(30,21(22,23)24)16-10-27(11-19(25)29)18-5-3-2-4-15(16)18/h2-10,30H,11-12H2,1H3,(H2,25,29). The first kappa shape index (κ1) is 20.9. The summed E-state index contributed by atoms with van der Waals surface area (Å²) in [6.45, 7) is -0.190. The van der Waals surface area contributed by atoms with E-state index in [9.17, 15) is 23.1 Å². The van der Waals surface area contributed by atoms with Gasteiger partial charge in [-0.2, -0.15) is 18.3 Å². The van der Waals surface area contributed by atoms with E-state index in [-0.39, 0.29) is 29.8 Å². The number of para-hydroxylation sites is 1. The molecule has 7 nitrogen and oxygen atoms in total. The Morgan fingerprint density at radius 2 is 1.94 bits per heavy atom. The molecule has 0 aliphatic rings. The molecule has 0 spiro atoms. The third-order valence-electron chi connectivity index (χ3n) is 5.23. The molecule has 0 radical (unpaired) electrons. The molecule has 10 heteroatoms. The number of aromatic nitrogens is 3. The van der Waals surface area contributed by atoms with Crippen LogP contribution in [0.15, 0.2) is 54.9 Å². The number of aliphatic hydroxyl groups is 1. The second kappa shape index (κ2) is 7.40. The lowest BCUT2D eigenvalue weighted by Gasteiger charge is -2.31. The summed E-state index contributed by atoms with van der Waals surface area (Å²) in [5.74, 6) is -0.713. The predicted molar refractivity (Wildman–Crippen MR) is 107 cm³/mol. The van der Waals surface area contributed by atoms with Gasteiger partial charge in [0.25, 0.3) is 0 Å². The Morgan fingerprint density at radius 1 is 1.19 bits per heavy atom. The number of benzene rings is 2. The zero-order valence-corrected chi connectivity index (χ0v) is 16.4. The highest BCUT2D eigenvalue weighted by Gasteiger charge is 2.57. The van der Waals surface area contributed by atoms with Crippen molar-refractivity contribution in [1.29, 1.82) is 0 Å². The lowest BCUT2D eigenvalue weighted by atomic mass is 9.85. The Morgan fingerprint density at radius 3 is 2.61 bits per heavy atom. The van der Waals surface area contributed by atoms with Crippen LogP contribution in [0.25, 0.3) is 21.8 Å². The Balaban J connectivity index is 1.96. The number of ether oxygens (including phenoxy) is 1. The number of rotatable bonds is 6. The molecule has 2 aromatic heterocycles. The minimum absolute atomic E-state index is 0.132. The number of alkyl halides is 3. The predicted octanol–water partition coefficient (Wildman–Crippen LogP) is 2.88. The highest BCUT2D eigenvalue weighted by atomic mass is 19.4. The van der Waals surface area contributed by atoms with Crippen molar-refractivity contribution in [3.05, 3.63) is 66.0 Å². The summed E-state index contributed by atoms with van der Waals surface area (Å²) in [4.78, 5) is 11.4. The number of fused-ring (bicyclic) bond motifs is 2. The van der Waals surface area contributed by atoms with Gasteiger partial charge in [-0.3, -0.25) is 4.79 Å². The summed E-state index contributed by atoms with van der Waals surface area (Å²) < 4.78 is 51.1. The zero-order chi connectivity index (χ0) is 22.4. The summed E-state index contributed by atoms with van der Waals surface area (Å²) in [6.07, 6.45) is -2.52. The molecule has 1 unspecified atom stereocenters. The topological polar surface area (TPSA) is 95.3 Å². The van der Waals surface area contributed by atoms with Gasteiger partial charge in [-0.15, -0.1) is 0 Å². The lowest BCUT2D eigenvalue weighted by Crippen LogP contribution is -2.43. The van der Waals surface area contributed by atoms with Crippen LogP contribution in [-0.4, -0.2) is 38.6 Å². The average Bonchev–Trinajstić information content (AvgIpc) is 3.28. The van der Waals surface area contributed by atoms with Crippen molar-refractivity contribution < 1.29 is 27.8 Å².